The molecule has 5 rings (SSSR count). The van der Waals surface area contributed by atoms with Crippen molar-refractivity contribution in [1.29, 1.82) is 0 Å². The number of sulfonamides is 2. The average Bonchev–Trinajstić information content (AvgIpc) is 3.34. The van der Waals surface area contributed by atoms with Gasteiger partial charge in [0.05, 0.1) is 101 Å². The van der Waals surface area contributed by atoms with E-state index < -0.39 is 93.8 Å². The number of benzene rings is 5. The molecule has 83 heavy (non-hydrogen) atoms. The van der Waals surface area contributed by atoms with Crippen LogP contribution in [0.2, 0.25) is 25.1 Å². The summed E-state index contributed by atoms with van der Waals surface area (Å²) in [5.41, 5.74) is 5.07. The molecule has 24 nitrogen and oxygen atoms in total. The number of carbonyl (C=O) groups is 5. The van der Waals surface area contributed by atoms with Crippen molar-refractivity contribution in [2.75, 3.05) is 34.2 Å². The predicted molar refractivity (Wildman–Crippen MR) is 319 cm³/mol. The van der Waals surface area contributed by atoms with Crippen molar-refractivity contribution >= 4 is 176 Å². The second-order valence-electron chi connectivity index (χ2n) is 17.1. The molecule has 9 N–H and O–H groups in total. The van der Waals surface area contributed by atoms with E-state index in [0.717, 1.165) is 18.2 Å². The number of nitrogens with one attached hydrogen (secondary N) is 2. The van der Waals surface area contributed by atoms with Crippen LogP contribution in [-0.2, 0) is 48.0 Å². The van der Waals surface area contributed by atoms with Gasteiger partial charge in [0, 0.05) is 39.6 Å². The van der Waals surface area contributed by atoms with Crippen molar-refractivity contribution in [3.63, 3.8) is 0 Å². The summed E-state index contributed by atoms with van der Waals surface area (Å²) in [6.45, 7) is 10.3. The Bertz CT molecular complexity index is 3430. The Hall–Kier alpha value is -4.54. The molecule has 0 aliphatic rings. The maximum atomic E-state index is 12.1. The minimum absolute atomic E-state index is 0. The van der Waals surface area contributed by atoms with Crippen LogP contribution in [0.4, 0.5) is 11.4 Å². The first kappa shape index (κ1) is 82.7. The molecule has 460 valence electrons. The van der Waals surface area contributed by atoms with E-state index in [0.29, 0.717) is 16.3 Å². The quantitative estimate of drug-likeness (QED) is 0.0182. The summed E-state index contributed by atoms with van der Waals surface area (Å²) < 4.78 is 92.8. The van der Waals surface area contributed by atoms with E-state index in [4.69, 9.17) is 97.4 Å². The molecular weight excluding hydrogens is 1440 g/mol. The molecule has 0 amide bonds. The Morgan fingerprint density at radius 3 is 1.04 bits per heavy atom. The number of carboxylic acid groups (broad SMARTS) is 1. The second kappa shape index (κ2) is 37.1. The van der Waals surface area contributed by atoms with E-state index in [1.165, 1.54) is 95.2 Å². The standard InChI is InChI=1S/C12H16ClNO4S.C11H14ClNO4S.C8H6Cl2O4S.C8H6ClNO4.C8H8ClNO2.2ClH.2H2O.Sn/c1-12(2,3)14-19(16,17)8-5-6-9(10(13)7-8)11(15)18-4;1-11(2,3)13-18(16,17)7-4-5-8(10(14)15)9(12)6-7;1-14-8(11)6-3-2-5(4-7(6)9)15(10,12)13;1-14-8(11)6-3-2-5(10(12)13)4-7(6)9;1-12-8(11)6-3-2-5(10)4-7(6)9;;;;;/h5-7,14H,1-4H3;4-6,13H,1-3H3,(H,14,15);2-4H,1H3;2-4H,1H3;2-4H,10H2,1H3;2*1H;2*1H2;/q;;;;;;;;;+2/p-2. The number of non-ortho nitro benzene ring substituents is 1. The number of rotatable bonds is 11. The monoisotopic (exact) mass is 1490 g/mol. The predicted octanol–water partition coefficient (Wildman–Crippen LogP) is 9.46. The third-order valence-corrected chi connectivity index (χ3v) is 15.0. The number of nitrogens with zero attached hydrogens (tertiary/aromatic N) is 1. The van der Waals surface area contributed by atoms with Crippen molar-refractivity contribution in [2.24, 2.45) is 0 Å². The van der Waals surface area contributed by atoms with E-state index >= 15 is 0 Å². The number of carboxylic acids is 1. The van der Waals surface area contributed by atoms with E-state index in [1.807, 2.05) is 0 Å². The molecule has 0 spiro atoms. The van der Waals surface area contributed by atoms with E-state index in [2.05, 4.69) is 28.4 Å². The molecular formula is C47H54Cl8N4O20S3Sn. The fourth-order valence-electron chi connectivity index (χ4n) is 5.32. The first-order valence-electron chi connectivity index (χ1n) is 21.5. The summed E-state index contributed by atoms with van der Waals surface area (Å²) in [5.74, 6) is -3.53. The average molecular weight is 1490 g/mol. The van der Waals surface area contributed by atoms with Crippen molar-refractivity contribution in [1.82, 2.24) is 9.44 Å². The molecule has 5 aromatic carbocycles. The molecule has 0 saturated heterocycles. The molecule has 0 saturated carbocycles. The Kier molecular flexibility index (Phi) is 37.0. The summed E-state index contributed by atoms with van der Waals surface area (Å²) in [6.07, 6.45) is 0. The Labute approximate surface area is 525 Å². The number of carbonyl (C=O) groups excluding carboxylic acids is 4. The second-order valence-corrected chi connectivity index (χ2v) is 29.3. The first-order valence-corrected chi connectivity index (χ1v) is 35.9. The Morgan fingerprint density at radius 2 is 0.783 bits per heavy atom. The van der Waals surface area contributed by atoms with Gasteiger partial charge in [-0.05, 0) is 120 Å². The molecule has 5 aromatic rings. The number of nitro groups is 1. The molecule has 0 aromatic heterocycles. The summed E-state index contributed by atoms with van der Waals surface area (Å²) in [6, 6.07) is 19.1. The number of nitro benzene ring substituents is 1. The SMILES string of the molecule is CC(C)(C)NS(=O)(=O)c1ccc(C(=O)O)c(Cl)c1.COC(=O)c1ccc(N)cc1Cl.COC(=O)c1ccc(S(=O)(=O)Cl)cc1Cl.COC(=O)c1ccc(S(=O)(=O)NC(C)(C)C)cc1Cl.COC(=O)c1ccc([N+](=O)[O-])cc1Cl.O.O.[Cl][Sn][Cl]. The van der Waals surface area contributed by atoms with Crippen LogP contribution in [0.3, 0.4) is 0 Å². The van der Waals surface area contributed by atoms with Gasteiger partial charge in [0.25, 0.3) is 14.7 Å². The maximum absolute atomic E-state index is 12.1. The Morgan fingerprint density at radius 1 is 0.518 bits per heavy atom. The van der Waals surface area contributed by atoms with Crippen LogP contribution in [0.5, 0.6) is 0 Å². The molecule has 0 bridgehead atoms. The number of ether oxygens (including phenoxy) is 4. The van der Waals surface area contributed by atoms with Crippen molar-refractivity contribution in [3.8, 4) is 0 Å². The van der Waals surface area contributed by atoms with Gasteiger partial charge in [-0.1, -0.05) is 58.0 Å². The van der Waals surface area contributed by atoms with Crippen LogP contribution >= 0.6 is 86.5 Å². The Balaban J connectivity index is -0.000000953. The van der Waals surface area contributed by atoms with Crippen LogP contribution in [-0.4, -0.2) is 134 Å². The van der Waals surface area contributed by atoms with Crippen molar-refractivity contribution in [3.05, 3.63) is 154 Å². The fourth-order valence-corrected chi connectivity index (χ4v) is 10.5. The fraction of sp³-hybridized carbons (Fsp3) is 0.255. The van der Waals surface area contributed by atoms with Gasteiger partial charge in [-0.2, -0.15) is 0 Å². The molecule has 0 aliphatic heterocycles. The van der Waals surface area contributed by atoms with Crippen LogP contribution < -0.4 is 15.2 Å². The number of nitrogens with two attached hydrogens (primary N) is 1. The number of nitrogen functional groups attached to an aromatic ring is 1. The molecule has 0 fully saturated rings. The molecule has 2 radical (unpaired) electrons. The van der Waals surface area contributed by atoms with E-state index in [-0.39, 0.29) is 73.7 Å². The van der Waals surface area contributed by atoms with Crippen LogP contribution in [0.25, 0.3) is 0 Å². The van der Waals surface area contributed by atoms with Gasteiger partial charge < -0.3 is 40.7 Å². The van der Waals surface area contributed by atoms with Crippen LogP contribution in [0.1, 0.15) is 93.3 Å². The number of halogens is 8. The summed E-state index contributed by atoms with van der Waals surface area (Å²) in [5, 5.41) is 19.3. The van der Waals surface area contributed by atoms with Gasteiger partial charge in [-0.3, -0.25) is 10.1 Å². The first-order chi connectivity index (χ1) is 37.1. The summed E-state index contributed by atoms with van der Waals surface area (Å²) >= 11 is 27.8. The van der Waals surface area contributed by atoms with Gasteiger partial charge >= 0.3 is 66.6 Å². The zero-order valence-corrected chi connectivity index (χ0v) is 56.2. The van der Waals surface area contributed by atoms with Gasteiger partial charge in [-0.25, -0.2) is 58.7 Å². The summed E-state index contributed by atoms with van der Waals surface area (Å²) in [4.78, 5) is 64.8. The van der Waals surface area contributed by atoms with Crippen LogP contribution in [0, 0.1) is 10.1 Å². The molecule has 36 heteroatoms. The number of aromatic carboxylic acids is 1. The third kappa shape index (κ3) is 29.4. The van der Waals surface area contributed by atoms with Crippen molar-refractivity contribution in [2.45, 2.75) is 67.3 Å². The molecule has 0 aliphatic carbocycles. The van der Waals surface area contributed by atoms with E-state index in [1.54, 1.807) is 47.6 Å². The normalized spacial score (nSPS) is 10.7. The number of methoxy groups -OCH3 is 4. The van der Waals surface area contributed by atoms with Gasteiger partial charge in [0.15, 0.2) is 0 Å². The topological polar surface area (TPSA) is 401 Å². The zero-order valence-electron chi connectivity index (χ0n) is 44.8. The molecule has 0 atom stereocenters. The van der Waals surface area contributed by atoms with Crippen molar-refractivity contribution < 1.29 is 89.2 Å². The van der Waals surface area contributed by atoms with Gasteiger partial charge in [0.2, 0.25) is 20.0 Å². The number of esters is 4. The van der Waals surface area contributed by atoms with Gasteiger partial charge in [-0.15, -0.1) is 0 Å². The van der Waals surface area contributed by atoms with Gasteiger partial charge in [0.1, 0.15) is 0 Å². The third-order valence-electron chi connectivity index (χ3n) is 8.61. The molecule has 0 unspecified atom stereocenters. The summed E-state index contributed by atoms with van der Waals surface area (Å²) in [7, 11) is 8.67. The number of hydrogen-bond donors (Lipinski definition) is 4. The van der Waals surface area contributed by atoms with Crippen LogP contribution in [0.15, 0.2) is 106 Å². The van der Waals surface area contributed by atoms with E-state index in [9.17, 15) is 59.3 Å². The molecule has 0 heterocycles. The number of anilines is 1. The minimum atomic E-state index is -3.84. The number of hydrogen-bond acceptors (Lipinski definition) is 18. The zero-order chi connectivity index (χ0) is 63.2.